The monoisotopic (exact) mass is 230 g/mol. The number of pyridine rings is 1. The van der Waals surface area contributed by atoms with Crippen molar-refractivity contribution in [1.82, 2.24) is 9.97 Å². The van der Waals surface area contributed by atoms with Crippen LogP contribution < -0.4 is 0 Å². The van der Waals surface area contributed by atoms with Gasteiger partial charge in [-0.2, -0.15) is 13.2 Å². The smallest absolute Gasteiger partial charge is 0.396 e. The van der Waals surface area contributed by atoms with Gasteiger partial charge in [-0.25, -0.2) is 4.98 Å². The van der Waals surface area contributed by atoms with Crippen molar-refractivity contribution in [2.75, 3.05) is 6.61 Å². The number of halogens is 3. The highest BCUT2D eigenvalue weighted by molar-refractivity contribution is 5.80. The van der Waals surface area contributed by atoms with Gasteiger partial charge in [-0.05, 0) is 18.1 Å². The predicted octanol–water partition coefficient (Wildman–Crippen LogP) is 2.12. The van der Waals surface area contributed by atoms with Crippen LogP contribution in [0.25, 0.3) is 11.0 Å². The average molecular weight is 230 g/mol. The fourth-order valence-electron chi connectivity index (χ4n) is 1.54. The summed E-state index contributed by atoms with van der Waals surface area (Å²) in [5.74, 6) is 0. The van der Waals surface area contributed by atoms with E-state index in [1.54, 1.807) is 6.20 Å². The number of H-pyrrole nitrogens is 1. The molecule has 0 aliphatic carbocycles. The Hall–Kier alpha value is -1.56. The molecule has 0 aromatic carbocycles. The van der Waals surface area contributed by atoms with E-state index in [2.05, 4.69) is 9.97 Å². The Morgan fingerprint density at radius 1 is 1.38 bits per heavy atom. The fraction of sp³-hybridized carbons (Fsp3) is 0.300. The maximum Gasteiger partial charge on any atom is 0.417 e. The molecule has 16 heavy (non-hydrogen) atoms. The van der Waals surface area contributed by atoms with Gasteiger partial charge >= 0.3 is 6.18 Å². The summed E-state index contributed by atoms with van der Waals surface area (Å²) in [6.45, 7) is -0.108. The Balaban J connectivity index is 2.54. The average Bonchev–Trinajstić information content (AvgIpc) is 2.60. The van der Waals surface area contributed by atoms with Crippen LogP contribution in [-0.2, 0) is 12.6 Å². The molecule has 2 rings (SSSR count). The van der Waals surface area contributed by atoms with Crippen molar-refractivity contribution in [3.63, 3.8) is 0 Å². The van der Waals surface area contributed by atoms with E-state index in [1.807, 2.05) is 0 Å². The van der Waals surface area contributed by atoms with E-state index in [0.29, 0.717) is 23.0 Å². The highest BCUT2D eigenvalue weighted by Crippen LogP contribution is 2.31. The van der Waals surface area contributed by atoms with Crippen molar-refractivity contribution in [1.29, 1.82) is 0 Å². The van der Waals surface area contributed by atoms with Crippen LogP contribution in [0.15, 0.2) is 18.5 Å². The lowest BCUT2D eigenvalue weighted by Crippen LogP contribution is -2.05. The molecule has 2 aromatic heterocycles. The van der Waals surface area contributed by atoms with Crippen molar-refractivity contribution in [2.45, 2.75) is 12.6 Å². The van der Waals surface area contributed by atoms with Crippen molar-refractivity contribution >= 4 is 11.0 Å². The number of nitrogens with one attached hydrogen (secondary N) is 1. The van der Waals surface area contributed by atoms with Crippen LogP contribution in [-0.4, -0.2) is 21.7 Å². The molecule has 0 atom stereocenters. The van der Waals surface area contributed by atoms with Gasteiger partial charge in [-0.3, -0.25) is 0 Å². The highest BCUT2D eigenvalue weighted by atomic mass is 19.4. The van der Waals surface area contributed by atoms with E-state index in [1.165, 1.54) is 0 Å². The molecule has 86 valence electrons. The van der Waals surface area contributed by atoms with Gasteiger partial charge < -0.3 is 10.1 Å². The van der Waals surface area contributed by atoms with Crippen LogP contribution in [0.2, 0.25) is 0 Å². The molecular weight excluding hydrogens is 221 g/mol. The number of alkyl halides is 3. The summed E-state index contributed by atoms with van der Waals surface area (Å²) in [6, 6.07) is 1.05. The van der Waals surface area contributed by atoms with Gasteiger partial charge in [0.25, 0.3) is 0 Å². The Bertz CT molecular complexity index is 504. The molecular formula is C10H9F3N2O. The Morgan fingerprint density at radius 2 is 2.12 bits per heavy atom. The van der Waals surface area contributed by atoms with Gasteiger partial charge in [-0.1, -0.05) is 0 Å². The number of aliphatic hydroxyl groups excluding tert-OH is 1. The minimum absolute atomic E-state index is 0.108. The molecule has 0 saturated heterocycles. The standard InChI is InChI=1S/C10H9F3N2O/c11-10(12,13)7-3-8-6(1-2-16)4-14-9(8)15-5-7/h3-5,16H,1-2H2,(H,14,15). The number of aliphatic hydroxyl groups is 1. The van der Waals surface area contributed by atoms with Crippen LogP contribution in [0.1, 0.15) is 11.1 Å². The summed E-state index contributed by atoms with van der Waals surface area (Å²) in [5.41, 5.74) is 0.256. The Kier molecular flexibility index (Phi) is 2.59. The summed E-state index contributed by atoms with van der Waals surface area (Å²) >= 11 is 0. The summed E-state index contributed by atoms with van der Waals surface area (Å²) in [5, 5.41) is 9.18. The van der Waals surface area contributed by atoms with Crippen LogP contribution in [0.4, 0.5) is 13.2 Å². The van der Waals surface area contributed by atoms with E-state index >= 15 is 0 Å². The molecule has 0 amide bonds. The Morgan fingerprint density at radius 3 is 2.75 bits per heavy atom. The number of aromatic nitrogens is 2. The van der Waals surface area contributed by atoms with Crippen molar-refractivity contribution in [3.8, 4) is 0 Å². The van der Waals surface area contributed by atoms with Crippen LogP contribution >= 0.6 is 0 Å². The quantitative estimate of drug-likeness (QED) is 0.830. The number of hydrogen-bond acceptors (Lipinski definition) is 2. The van der Waals surface area contributed by atoms with E-state index in [-0.39, 0.29) is 6.61 Å². The molecule has 2 aromatic rings. The first-order valence-corrected chi connectivity index (χ1v) is 4.66. The van der Waals surface area contributed by atoms with Crippen LogP contribution in [0.3, 0.4) is 0 Å². The predicted molar refractivity (Wildman–Crippen MR) is 51.9 cm³/mol. The van der Waals surface area contributed by atoms with Gasteiger partial charge in [-0.15, -0.1) is 0 Å². The summed E-state index contributed by atoms with van der Waals surface area (Å²) < 4.78 is 37.3. The van der Waals surface area contributed by atoms with E-state index in [0.717, 1.165) is 12.3 Å². The minimum atomic E-state index is -4.39. The highest BCUT2D eigenvalue weighted by Gasteiger charge is 2.31. The molecule has 2 N–H and O–H groups in total. The van der Waals surface area contributed by atoms with Gasteiger partial charge in [0, 0.05) is 24.4 Å². The summed E-state index contributed by atoms with van der Waals surface area (Å²) in [6.07, 6.45) is -1.73. The van der Waals surface area contributed by atoms with Crippen molar-refractivity contribution < 1.29 is 18.3 Å². The van der Waals surface area contributed by atoms with E-state index in [4.69, 9.17) is 5.11 Å². The van der Waals surface area contributed by atoms with Gasteiger partial charge in [0.15, 0.2) is 0 Å². The van der Waals surface area contributed by atoms with Crippen molar-refractivity contribution in [2.24, 2.45) is 0 Å². The minimum Gasteiger partial charge on any atom is -0.396 e. The number of rotatable bonds is 2. The molecule has 0 bridgehead atoms. The Labute approximate surface area is 88.9 Å². The molecule has 2 heterocycles. The normalized spacial score (nSPS) is 12.2. The number of nitrogens with zero attached hydrogens (tertiary/aromatic N) is 1. The van der Waals surface area contributed by atoms with Gasteiger partial charge in [0.2, 0.25) is 0 Å². The zero-order valence-electron chi connectivity index (χ0n) is 8.17. The first-order valence-electron chi connectivity index (χ1n) is 4.66. The molecule has 0 saturated carbocycles. The second-order valence-electron chi connectivity index (χ2n) is 3.41. The lowest BCUT2D eigenvalue weighted by atomic mass is 10.1. The molecule has 6 heteroatoms. The molecule has 0 radical (unpaired) electrons. The van der Waals surface area contributed by atoms with Crippen LogP contribution in [0, 0.1) is 0 Å². The van der Waals surface area contributed by atoms with E-state index in [9.17, 15) is 13.2 Å². The zero-order chi connectivity index (χ0) is 11.8. The third-order valence-corrected chi connectivity index (χ3v) is 2.33. The number of hydrogen-bond donors (Lipinski definition) is 2. The molecule has 0 aliphatic rings. The lowest BCUT2D eigenvalue weighted by Gasteiger charge is -2.05. The molecule has 3 nitrogen and oxygen atoms in total. The summed E-state index contributed by atoms with van der Waals surface area (Å²) in [4.78, 5) is 6.46. The van der Waals surface area contributed by atoms with Gasteiger partial charge in [0.1, 0.15) is 5.65 Å². The largest absolute Gasteiger partial charge is 0.417 e. The molecule has 0 unspecified atom stereocenters. The second kappa shape index (κ2) is 3.79. The maximum absolute atomic E-state index is 12.4. The first-order chi connectivity index (χ1) is 7.52. The SMILES string of the molecule is OCCc1c[nH]c2ncc(C(F)(F)F)cc12. The third-order valence-electron chi connectivity index (χ3n) is 2.33. The summed E-state index contributed by atoms with van der Waals surface area (Å²) in [7, 11) is 0. The third kappa shape index (κ3) is 1.88. The molecule has 0 fully saturated rings. The number of fused-ring (bicyclic) bond motifs is 1. The second-order valence-corrected chi connectivity index (χ2v) is 3.41. The van der Waals surface area contributed by atoms with Crippen molar-refractivity contribution in [3.05, 3.63) is 29.6 Å². The molecule has 0 spiro atoms. The van der Waals surface area contributed by atoms with Crippen LogP contribution in [0.5, 0.6) is 0 Å². The number of aromatic amines is 1. The zero-order valence-corrected chi connectivity index (χ0v) is 8.17. The first kappa shape index (κ1) is 10.9. The van der Waals surface area contributed by atoms with E-state index < -0.39 is 11.7 Å². The molecule has 0 aliphatic heterocycles. The fourth-order valence-corrected chi connectivity index (χ4v) is 1.54. The van der Waals surface area contributed by atoms with Gasteiger partial charge in [0.05, 0.1) is 5.56 Å². The topological polar surface area (TPSA) is 48.9 Å². The maximum atomic E-state index is 12.4. The lowest BCUT2D eigenvalue weighted by molar-refractivity contribution is -0.137.